The van der Waals surface area contributed by atoms with Crippen molar-refractivity contribution < 1.29 is 10.2 Å². The van der Waals surface area contributed by atoms with Crippen molar-refractivity contribution in [3.8, 4) is 0 Å². The van der Waals surface area contributed by atoms with Gasteiger partial charge in [-0.1, -0.05) is 50.5 Å². The van der Waals surface area contributed by atoms with E-state index >= 15 is 0 Å². The lowest BCUT2D eigenvalue weighted by Gasteiger charge is -2.60. The van der Waals surface area contributed by atoms with Crippen molar-refractivity contribution in [1.82, 2.24) is 0 Å². The zero-order valence-electron chi connectivity index (χ0n) is 21.1. The summed E-state index contributed by atoms with van der Waals surface area (Å²) < 4.78 is 0. The van der Waals surface area contributed by atoms with Crippen LogP contribution in [-0.2, 0) is 0 Å². The quantitative estimate of drug-likeness (QED) is 0.460. The predicted octanol–water partition coefficient (Wildman–Crippen LogP) is 7.06. The van der Waals surface area contributed by atoms with Gasteiger partial charge in [0.25, 0.3) is 0 Å². The van der Waals surface area contributed by atoms with Crippen molar-refractivity contribution in [2.75, 3.05) is 6.61 Å². The van der Waals surface area contributed by atoms with E-state index in [1.165, 1.54) is 50.5 Å². The Morgan fingerprint density at radius 1 is 1.03 bits per heavy atom. The molecule has 0 saturated heterocycles. The van der Waals surface area contributed by atoms with Gasteiger partial charge in [-0.15, -0.1) is 0 Å². The van der Waals surface area contributed by atoms with Crippen molar-refractivity contribution >= 4 is 0 Å². The molecule has 0 bridgehead atoms. The average Bonchev–Trinajstić information content (AvgIpc) is 2.99. The Hall–Kier alpha value is -0.600. The number of hydrogen-bond acceptors (Lipinski definition) is 2. The molecule has 0 aromatic heterocycles. The summed E-state index contributed by atoms with van der Waals surface area (Å²) in [6.45, 7) is 14.9. The molecule has 0 aromatic carbocycles. The third-order valence-corrected chi connectivity index (χ3v) is 11.2. The lowest BCUT2D eigenvalue weighted by Crippen LogP contribution is -2.52. The zero-order valence-corrected chi connectivity index (χ0v) is 21.1. The summed E-state index contributed by atoms with van der Waals surface area (Å²) >= 11 is 0. The van der Waals surface area contributed by atoms with Gasteiger partial charge in [0.05, 0.1) is 6.10 Å². The van der Waals surface area contributed by atoms with Crippen LogP contribution in [0.5, 0.6) is 0 Å². The molecule has 0 spiro atoms. The summed E-state index contributed by atoms with van der Waals surface area (Å²) in [5, 5.41) is 20.7. The summed E-state index contributed by atoms with van der Waals surface area (Å²) in [6, 6.07) is 0. The van der Waals surface area contributed by atoms with E-state index in [-0.39, 0.29) is 24.0 Å². The lowest BCUT2D eigenvalue weighted by atomic mass is 9.45. The highest BCUT2D eigenvalue weighted by Crippen LogP contribution is 2.71. The minimum atomic E-state index is -0.313. The molecule has 2 nitrogen and oxygen atoms in total. The van der Waals surface area contributed by atoms with Gasteiger partial charge in [-0.3, -0.25) is 0 Å². The maximum Gasteiger partial charge on any atom is 0.0593 e. The topological polar surface area (TPSA) is 40.5 Å². The first kappa shape index (κ1) is 23.6. The number of aliphatic hydroxyl groups is 2. The van der Waals surface area contributed by atoms with Gasteiger partial charge in [-0.25, -0.2) is 0 Å². The molecular weight excluding hydrogens is 380 g/mol. The fourth-order valence-corrected chi connectivity index (χ4v) is 9.13. The third kappa shape index (κ3) is 3.50. The van der Waals surface area contributed by atoms with Crippen LogP contribution in [0.4, 0.5) is 0 Å². The molecule has 2 heteroatoms. The van der Waals surface area contributed by atoms with Crippen molar-refractivity contribution in [2.24, 2.45) is 39.9 Å². The standard InChI is InChI=1S/C29H48O2/c1-19(2)8-7-9-20(3)22-12-16-29(6)25-11-10-23-21(18-30)26(31)14-15-27(23,4)24(25)13-17-28(22,29)5/h8,20-23,26,30-31H,7,9-18H2,1-6H3/t20-,21+,22-,23+,26+,27+,28-,29+/m1/s1. The van der Waals surface area contributed by atoms with E-state index in [1.807, 2.05) is 5.57 Å². The van der Waals surface area contributed by atoms with Gasteiger partial charge < -0.3 is 10.2 Å². The second kappa shape index (κ2) is 8.32. The Morgan fingerprint density at radius 3 is 2.45 bits per heavy atom. The minimum Gasteiger partial charge on any atom is -0.396 e. The highest BCUT2D eigenvalue weighted by molar-refractivity contribution is 5.38. The molecule has 4 rings (SSSR count). The van der Waals surface area contributed by atoms with E-state index in [0.717, 1.165) is 31.1 Å². The van der Waals surface area contributed by atoms with Gasteiger partial charge in [0.15, 0.2) is 0 Å². The Bertz CT molecular complexity index is 746. The molecule has 31 heavy (non-hydrogen) atoms. The fraction of sp³-hybridized carbons (Fsp3) is 0.862. The van der Waals surface area contributed by atoms with E-state index in [4.69, 9.17) is 0 Å². The zero-order chi connectivity index (χ0) is 22.6. The van der Waals surface area contributed by atoms with E-state index in [0.29, 0.717) is 16.7 Å². The average molecular weight is 429 g/mol. The molecule has 8 atom stereocenters. The number of rotatable bonds is 5. The summed E-state index contributed by atoms with van der Waals surface area (Å²) in [4.78, 5) is 0. The molecule has 4 aliphatic rings. The van der Waals surface area contributed by atoms with Crippen LogP contribution in [0.25, 0.3) is 0 Å². The summed E-state index contributed by atoms with van der Waals surface area (Å²) in [5.41, 5.74) is 5.97. The van der Waals surface area contributed by atoms with E-state index in [9.17, 15) is 10.2 Å². The van der Waals surface area contributed by atoms with Gasteiger partial charge in [-0.05, 0) is 112 Å². The number of fused-ring (bicyclic) bond motifs is 4. The normalized spacial score (nSPS) is 45.5. The van der Waals surface area contributed by atoms with Crippen LogP contribution in [0.2, 0.25) is 0 Å². The first-order valence-electron chi connectivity index (χ1n) is 13.2. The highest BCUT2D eigenvalue weighted by Gasteiger charge is 2.62. The number of allylic oxidation sites excluding steroid dienone is 4. The van der Waals surface area contributed by atoms with Crippen LogP contribution in [0, 0.1) is 39.9 Å². The first-order valence-corrected chi connectivity index (χ1v) is 13.2. The van der Waals surface area contributed by atoms with Crippen LogP contribution in [0.3, 0.4) is 0 Å². The van der Waals surface area contributed by atoms with Gasteiger partial charge in [-0.2, -0.15) is 0 Å². The Balaban J connectivity index is 1.63. The van der Waals surface area contributed by atoms with E-state index in [1.54, 1.807) is 5.57 Å². The van der Waals surface area contributed by atoms with Crippen molar-refractivity contribution in [3.05, 3.63) is 22.8 Å². The van der Waals surface area contributed by atoms with E-state index < -0.39 is 0 Å². The van der Waals surface area contributed by atoms with Gasteiger partial charge in [0.2, 0.25) is 0 Å². The number of aliphatic hydroxyl groups excluding tert-OH is 2. The van der Waals surface area contributed by atoms with Gasteiger partial charge >= 0.3 is 0 Å². The lowest BCUT2D eigenvalue weighted by molar-refractivity contribution is -0.0664. The maximum atomic E-state index is 10.6. The van der Waals surface area contributed by atoms with Crippen LogP contribution < -0.4 is 0 Å². The molecule has 4 aliphatic carbocycles. The SMILES string of the molecule is CC(C)=CCC[C@@H](C)[C@H]1CC[C@@]2(C)C3=C(CC[C@]12C)[C@@]1(C)CC[C@H](O)[C@@H](CO)[C@@H]1CC3. The minimum absolute atomic E-state index is 0.0698. The smallest absolute Gasteiger partial charge is 0.0593 e. The van der Waals surface area contributed by atoms with Crippen LogP contribution >= 0.6 is 0 Å². The van der Waals surface area contributed by atoms with Crippen LogP contribution in [0.15, 0.2) is 22.8 Å². The molecule has 0 aromatic rings. The Labute approximate surface area is 191 Å². The summed E-state index contributed by atoms with van der Waals surface area (Å²) in [5.74, 6) is 2.15. The maximum absolute atomic E-state index is 10.6. The molecule has 0 unspecified atom stereocenters. The number of hydrogen-bond donors (Lipinski definition) is 2. The second-order valence-corrected chi connectivity index (χ2v) is 12.7. The van der Waals surface area contributed by atoms with Crippen molar-refractivity contribution in [2.45, 2.75) is 112 Å². The van der Waals surface area contributed by atoms with Gasteiger partial charge in [0, 0.05) is 12.5 Å². The highest BCUT2D eigenvalue weighted by atomic mass is 16.3. The molecule has 2 fully saturated rings. The van der Waals surface area contributed by atoms with Crippen LogP contribution in [0.1, 0.15) is 106 Å². The largest absolute Gasteiger partial charge is 0.396 e. The first-order chi connectivity index (χ1) is 14.6. The summed E-state index contributed by atoms with van der Waals surface area (Å²) in [7, 11) is 0. The molecule has 176 valence electrons. The van der Waals surface area contributed by atoms with E-state index in [2.05, 4.69) is 47.6 Å². The van der Waals surface area contributed by atoms with Crippen molar-refractivity contribution in [1.29, 1.82) is 0 Å². The molecule has 2 saturated carbocycles. The summed E-state index contributed by atoms with van der Waals surface area (Å²) in [6.07, 6.45) is 14.3. The Kier molecular flexibility index (Phi) is 6.32. The molecule has 0 radical (unpaired) electrons. The molecule has 0 aliphatic heterocycles. The molecule has 0 heterocycles. The Morgan fingerprint density at radius 2 is 1.77 bits per heavy atom. The monoisotopic (exact) mass is 428 g/mol. The molecule has 0 amide bonds. The van der Waals surface area contributed by atoms with Gasteiger partial charge in [0.1, 0.15) is 0 Å². The predicted molar refractivity (Wildman–Crippen MR) is 130 cm³/mol. The third-order valence-electron chi connectivity index (χ3n) is 11.2. The molecular formula is C29H48O2. The molecule has 2 N–H and O–H groups in total. The second-order valence-electron chi connectivity index (χ2n) is 12.7. The fourth-order valence-electron chi connectivity index (χ4n) is 9.13. The van der Waals surface area contributed by atoms with Crippen molar-refractivity contribution in [3.63, 3.8) is 0 Å². The van der Waals surface area contributed by atoms with Crippen LogP contribution in [-0.4, -0.2) is 22.9 Å².